The van der Waals surface area contributed by atoms with Gasteiger partial charge in [-0.05, 0) is 37.7 Å². The normalized spacial score (nSPS) is 12.1. The maximum atomic E-state index is 11.1. The third-order valence-electron chi connectivity index (χ3n) is 2.76. The predicted octanol–water partition coefficient (Wildman–Crippen LogP) is 3.79. The molecule has 1 heteroatoms. The van der Waals surface area contributed by atoms with E-state index in [0.717, 1.165) is 19.3 Å². The molecule has 1 unspecified atom stereocenters. The zero-order valence-electron chi connectivity index (χ0n) is 9.99. The van der Waals surface area contributed by atoms with Gasteiger partial charge in [0, 0.05) is 6.42 Å². The number of ketones is 1. The first-order chi connectivity index (χ1) is 7.72. The van der Waals surface area contributed by atoms with Crippen LogP contribution in [0.15, 0.2) is 43.0 Å². The highest BCUT2D eigenvalue weighted by Crippen LogP contribution is 2.17. The molecule has 0 saturated carbocycles. The molecule has 86 valence electrons. The van der Waals surface area contributed by atoms with Gasteiger partial charge in [-0.1, -0.05) is 36.4 Å². The zero-order valence-corrected chi connectivity index (χ0v) is 9.99. The molecule has 1 aromatic carbocycles. The summed E-state index contributed by atoms with van der Waals surface area (Å²) in [6.07, 6.45) is 5.64. The van der Waals surface area contributed by atoms with Gasteiger partial charge in [0.2, 0.25) is 0 Å². The number of aryl methyl sites for hydroxylation is 1. The third kappa shape index (κ3) is 4.92. The van der Waals surface area contributed by atoms with Gasteiger partial charge >= 0.3 is 0 Å². The Morgan fingerprint density at radius 1 is 1.38 bits per heavy atom. The van der Waals surface area contributed by atoms with Crippen LogP contribution in [0.25, 0.3) is 0 Å². The fourth-order valence-electron chi connectivity index (χ4n) is 1.96. The van der Waals surface area contributed by atoms with E-state index in [4.69, 9.17) is 0 Å². The van der Waals surface area contributed by atoms with E-state index in [1.807, 2.05) is 12.1 Å². The van der Waals surface area contributed by atoms with Crippen molar-refractivity contribution in [1.82, 2.24) is 0 Å². The van der Waals surface area contributed by atoms with Crippen molar-refractivity contribution >= 4 is 5.78 Å². The molecule has 0 aliphatic heterocycles. The Balaban J connectivity index is 2.43. The van der Waals surface area contributed by atoms with Crippen LogP contribution >= 0.6 is 0 Å². The van der Waals surface area contributed by atoms with Crippen molar-refractivity contribution in [1.29, 1.82) is 0 Å². The third-order valence-corrected chi connectivity index (χ3v) is 2.76. The van der Waals surface area contributed by atoms with Gasteiger partial charge in [0.25, 0.3) is 0 Å². The second kappa shape index (κ2) is 7.00. The maximum absolute atomic E-state index is 11.1. The van der Waals surface area contributed by atoms with E-state index in [1.54, 1.807) is 6.92 Å². The van der Waals surface area contributed by atoms with Crippen molar-refractivity contribution in [3.8, 4) is 0 Å². The minimum Gasteiger partial charge on any atom is -0.300 e. The van der Waals surface area contributed by atoms with Gasteiger partial charge in [0.05, 0.1) is 0 Å². The lowest BCUT2D eigenvalue weighted by molar-refractivity contribution is -0.117. The fraction of sp³-hybridized carbons (Fsp3) is 0.400. The summed E-state index contributed by atoms with van der Waals surface area (Å²) < 4.78 is 0. The number of carbonyl (C=O) groups excluding carboxylic acids is 1. The number of rotatable bonds is 7. The van der Waals surface area contributed by atoms with Crippen LogP contribution in [0.2, 0.25) is 0 Å². The van der Waals surface area contributed by atoms with E-state index < -0.39 is 0 Å². The molecule has 0 spiro atoms. The molecule has 1 aromatic rings. The number of benzene rings is 1. The molecular weight excluding hydrogens is 196 g/mol. The van der Waals surface area contributed by atoms with Crippen molar-refractivity contribution in [2.24, 2.45) is 5.92 Å². The van der Waals surface area contributed by atoms with Crippen LogP contribution in [0, 0.1) is 5.92 Å². The molecule has 0 aliphatic carbocycles. The van der Waals surface area contributed by atoms with Crippen LogP contribution in [-0.4, -0.2) is 5.78 Å². The van der Waals surface area contributed by atoms with E-state index in [-0.39, 0.29) is 5.78 Å². The predicted molar refractivity (Wildman–Crippen MR) is 68.4 cm³/mol. The van der Waals surface area contributed by atoms with Crippen molar-refractivity contribution in [3.63, 3.8) is 0 Å². The molecule has 0 fully saturated rings. The summed E-state index contributed by atoms with van der Waals surface area (Å²) in [5.41, 5.74) is 1.35. The minimum atomic E-state index is 0.278. The molecule has 16 heavy (non-hydrogen) atoms. The number of carbonyl (C=O) groups is 1. The average molecular weight is 216 g/mol. The highest BCUT2D eigenvalue weighted by atomic mass is 16.1. The average Bonchev–Trinajstić information content (AvgIpc) is 2.27. The molecule has 0 saturated heterocycles. The van der Waals surface area contributed by atoms with Crippen LogP contribution in [0.3, 0.4) is 0 Å². The summed E-state index contributed by atoms with van der Waals surface area (Å²) in [6.45, 7) is 5.42. The number of Topliss-reactive ketones (excluding diaryl/α,β-unsaturated/α-hetero) is 1. The van der Waals surface area contributed by atoms with Crippen LogP contribution in [-0.2, 0) is 11.2 Å². The first-order valence-electron chi connectivity index (χ1n) is 5.86. The van der Waals surface area contributed by atoms with Gasteiger partial charge in [-0.2, -0.15) is 0 Å². The van der Waals surface area contributed by atoms with Crippen molar-refractivity contribution in [2.75, 3.05) is 0 Å². The Bertz CT molecular complexity index is 327. The lowest BCUT2D eigenvalue weighted by Gasteiger charge is -2.12. The Hall–Kier alpha value is -1.37. The molecule has 0 aliphatic rings. The lowest BCUT2D eigenvalue weighted by atomic mass is 9.92. The van der Waals surface area contributed by atoms with Crippen LogP contribution in [0.1, 0.15) is 31.7 Å². The summed E-state index contributed by atoms with van der Waals surface area (Å²) in [6, 6.07) is 10.4. The van der Waals surface area contributed by atoms with Crippen molar-refractivity contribution in [3.05, 3.63) is 48.6 Å². The van der Waals surface area contributed by atoms with Crippen molar-refractivity contribution in [2.45, 2.75) is 32.6 Å². The molecule has 0 N–H and O–H groups in total. The largest absolute Gasteiger partial charge is 0.300 e. The van der Waals surface area contributed by atoms with Gasteiger partial charge in [-0.3, -0.25) is 0 Å². The van der Waals surface area contributed by atoms with E-state index in [2.05, 4.69) is 30.8 Å². The fourth-order valence-corrected chi connectivity index (χ4v) is 1.96. The van der Waals surface area contributed by atoms with E-state index in [0.29, 0.717) is 12.3 Å². The quantitative estimate of drug-likeness (QED) is 0.634. The summed E-state index contributed by atoms with van der Waals surface area (Å²) in [5.74, 6) is 0.732. The molecule has 0 radical (unpaired) electrons. The SMILES string of the molecule is C=CCC(CCc1ccccc1)CC(C)=O. The Kier molecular flexibility index (Phi) is 5.55. The number of hydrogen-bond acceptors (Lipinski definition) is 1. The topological polar surface area (TPSA) is 17.1 Å². The second-order valence-corrected chi connectivity index (χ2v) is 4.32. The highest BCUT2D eigenvalue weighted by molar-refractivity contribution is 5.75. The monoisotopic (exact) mass is 216 g/mol. The molecule has 1 atom stereocenters. The second-order valence-electron chi connectivity index (χ2n) is 4.32. The van der Waals surface area contributed by atoms with Gasteiger partial charge in [-0.25, -0.2) is 0 Å². The minimum absolute atomic E-state index is 0.278. The molecule has 0 heterocycles. The summed E-state index contributed by atoms with van der Waals surface area (Å²) in [7, 11) is 0. The van der Waals surface area contributed by atoms with E-state index >= 15 is 0 Å². The summed E-state index contributed by atoms with van der Waals surface area (Å²) in [5, 5.41) is 0. The van der Waals surface area contributed by atoms with Gasteiger partial charge in [0.15, 0.2) is 0 Å². The molecular formula is C15H20O. The lowest BCUT2D eigenvalue weighted by Crippen LogP contribution is -2.06. The van der Waals surface area contributed by atoms with E-state index in [9.17, 15) is 4.79 Å². The molecule has 0 bridgehead atoms. The Morgan fingerprint density at radius 2 is 2.06 bits per heavy atom. The number of hydrogen-bond donors (Lipinski definition) is 0. The van der Waals surface area contributed by atoms with Gasteiger partial charge in [-0.15, -0.1) is 6.58 Å². The first kappa shape index (κ1) is 12.7. The summed E-state index contributed by atoms with van der Waals surface area (Å²) in [4.78, 5) is 11.1. The van der Waals surface area contributed by atoms with Crippen molar-refractivity contribution < 1.29 is 4.79 Å². The van der Waals surface area contributed by atoms with E-state index in [1.165, 1.54) is 5.56 Å². The number of allylic oxidation sites excluding steroid dienone is 1. The Labute approximate surface area is 98.2 Å². The van der Waals surface area contributed by atoms with Crippen LogP contribution < -0.4 is 0 Å². The molecule has 1 nitrogen and oxygen atoms in total. The molecule has 0 amide bonds. The maximum Gasteiger partial charge on any atom is 0.130 e. The Morgan fingerprint density at radius 3 is 2.62 bits per heavy atom. The van der Waals surface area contributed by atoms with Gasteiger partial charge < -0.3 is 4.79 Å². The summed E-state index contributed by atoms with van der Waals surface area (Å²) >= 11 is 0. The molecule has 1 rings (SSSR count). The van der Waals surface area contributed by atoms with Crippen LogP contribution in [0.5, 0.6) is 0 Å². The smallest absolute Gasteiger partial charge is 0.130 e. The van der Waals surface area contributed by atoms with Crippen LogP contribution in [0.4, 0.5) is 0 Å². The zero-order chi connectivity index (χ0) is 11.8. The highest BCUT2D eigenvalue weighted by Gasteiger charge is 2.09. The van der Waals surface area contributed by atoms with Gasteiger partial charge in [0.1, 0.15) is 5.78 Å². The molecule has 0 aromatic heterocycles. The first-order valence-corrected chi connectivity index (χ1v) is 5.86. The standard InChI is InChI=1S/C15H20O/c1-3-7-15(12-13(2)16)11-10-14-8-5-4-6-9-14/h3-6,8-9,15H,1,7,10-12H2,2H3.